The molecular formula is C19H23FN2O2. The average molecular weight is 330 g/mol. The molecule has 1 aliphatic rings. The van der Waals surface area contributed by atoms with Crippen molar-refractivity contribution in [3.63, 3.8) is 0 Å². The summed E-state index contributed by atoms with van der Waals surface area (Å²) in [4.78, 5) is 4.71. The number of halogens is 1. The lowest BCUT2D eigenvalue weighted by Gasteiger charge is -2.36. The van der Waals surface area contributed by atoms with Crippen LogP contribution in [0.5, 0.6) is 11.5 Å². The second-order valence-corrected chi connectivity index (χ2v) is 5.93. The SMILES string of the molecule is COc1ccc(N2CCN(Cc3ccc(OC)c(F)c3)CC2)cc1. The molecule has 0 saturated carbocycles. The molecule has 0 aliphatic carbocycles. The molecule has 1 heterocycles. The summed E-state index contributed by atoms with van der Waals surface area (Å²) < 4.78 is 24.0. The molecule has 0 radical (unpaired) electrons. The zero-order valence-electron chi connectivity index (χ0n) is 14.2. The van der Waals surface area contributed by atoms with E-state index in [9.17, 15) is 4.39 Å². The third-order valence-electron chi connectivity index (χ3n) is 4.43. The van der Waals surface area contributed by atoms with Crippen molar-refractivity contribution in [3.8, 4) is 11.5 Å². The van der Waals surface area contributed by atoms with E-state index in [0.717, 1.165) is 44.0 Å². The molecule has 128 valence electrons. The van der Waals surface area contributed by atoms with E-state index in [4.69, 9.17) is 9.47 Å². The number of rotatable bonds is 5. The molecule has 2 aromatic rings. The van der Waals surface area contributed by atoms with Gasteiger partial charge in [-0.3, -0.25) is 4.90 Å². The Morgan fingerprint density at radius 1 is 0.917 bits per heavy atom. The first-order valence-electron chi connectivity index (χ1n) is 8.13. The van der Waals surface area contributed by atoms with Crippen LogP contribution < -0.4 is 14.4 Å². The largest absolute Gasteiger partial charge is 0.497 e. The minimum absolute atomic E-state index is 0.295. The van der Waals surface area contributed by atoms with Gasteiger partial charge in [-0.15, -0.1) is 0 Å². The van der Waals surface area contributed by atoms with Crippen LogP contribution >= 0.6 is 0 Å². The number of hydrogen-bond donors (Lipinski definition) is 0. The van der Waals surface area contributed by atoms with Gasteiger partial charge in [-0.1, -0.05) is 6.07 Å². The number of piperazine rings is 1. The molecule has 1 saturated heterocycles. The Bertz CT molecular complexity index is 668. The summed E-state index contributed by atoms with van der Waals surface area (Å²) >= 11 is 0. The maximum absolute atomic E-state index is 13.8. The minimum Gasteiger partial charge on any atom is -0.497 e. The van der Waals surface area contributed by atoms with E-state index in [1.807, 2.05) is 18.2 Å². The summed E-state index contributed by atoms with van der Waals surface area (Å²) in [5.74, 6) is 0.869. The van der Waals surface area contributed by atoms with Gasteiger partial charge in [0.15, 0.2) is 11.6 Å². The molecule has 0 aromatic heterocycles. The van der Waals surface area contributed by atoms with Gasteiger partial charge in [0.2, 0.25) is 0 Å². The fourth-order valence-corrected chi connectivity index (χ4v) is 3.02. The first-order chi connectivity index (χ1) is 11.7. The Labute approximate surface area is 142 Å². The van der Waals surface area contributed by atoms with Crippen molar-refractivity contribution >= 4 is 5.69 Å². The quantitative estimate of drug-likeness (QED) is 0.841. The number of benzene rings is 2. The fraction of sp³-hybridized carbons (Fsp3) is 0.368. The van der Waals surface area contributed by atoms with Crippen LogP contribution in [0.2, 0.25) is 0 Å². The fourth-order valence-electron chi connectivity index (χ4n) is 3.02. The Morgan fingerprint density at radius 3 is 2.21 bits per heavy atom. The topological polar surface area (TPSA) is 24.9 Å². The van der Waals surface area contributed by atoms with E-state index in [2.05, 4.69) is 21.9 Å². The highest BCUT2D eigenvalue weighted by Crippen LogP contribution is 2.22. The number of ether oxygens (including phenoxy) is 2. The van der Waals surface area contributed by atoms with Crippen LogP contribution in [0.1, 0.15) is 5.56 Å². The minimum atomic E-state index is -0.299. The maximum Gasteiger partial charge on any atom is 0.165 e. The number of hydrogen-bond acceptors (Lipinski definition) is 4. The van der Waals surface area contributed by atoms with Crippen LogP contribution in [0.3, 0.4) is 0 Å². The van der Waals surface area contributed by atoms with Crippen molar-refractivity contribution in [2.45, 2.75) is 6.54 Å². The summed E-state index contributed by atoms with van der Waals surface area (Å²) in [6.07, 6.45) is 0. The molecule has 0 spiro atoms. The van der Waals surface area contributed by atoms with Crippen molar-refractivity contribution < 1.29 is 13.9 Å². The van der Waals surface area contributed by atoms with E-state index in [1.165, 1.54) is 12.8 Å². The van der Waals surface area contributed by atoms with Gasteiger partial charge in [-0.05, 0) is 42.0 Å². The van der Waals surface area contributed by atoms with E-state index in [1.54, 1.807) is 19.2 Å². The van der Waals surface area contributed by atoms with Gasteiger partial charge in [0, 0.05) is 38.4 Å². The molecular weight excluding hydrogens is 307 g/mol. The normalized spacial score (nSPS) is 15.4. The van der Waals surface area contributed by atoms with Crippen molar-refractivity contribution in [3.05, 3.63) is 53.8 Å². The first-order valence-corrected chi connectivity index (χ1v) is 8.13. The summed E-state index contributed by atoms with van der Waals surface area (Å²) in [7, 11) is 3.16. The van der Waals surface area contributed by atoms with Crippen molar-refractivity contribution in [1.29, 1.82) is 0 Å². The second kappa shape index (κ2) is 7.53. The van der Waals surface area contributed by atoms with Gasteiger partial charge in [0.1, 0.15) is 5.75 Å². The van der Waals surface area contributed by atoms with Gasteiger partial charge >= 0.3 is 0 Å². The summed E-state index contributed by atoms with van der Waals surface area (Å²) in [6.45, 7) is 4.60. The lowest BCUT2D eigenvalue weighted by Crippen LogP contribution is -2.45. The smallest absolute Gasteiger partial charge is 0.165 e. The molecule has 0 atom stereocenters. The zero-order valence-corrected chi connectivity index (χ0v) is 14.2. The van der Waals surface area contributed by atoms with Gasteiger partial charge in [-0.2, -0.15) is 0 Å². The second-order valence-electron chi connectivity index (χ2n) is 5.93. The first kappa shape index (κ1) is 16.6. The van der Waals surface area contributed by atoms with E-state index < -0.39 is 0 Å². The standard InChI is InChI=1S/C19H23FN2O2/c1-23-17-6-4-16(5-7-17)22-11-9-21(10-12-22)14-15-3-8-19(24-2)18(20)13-15/h3-8,13H,9-12,14H2,1-2H3. The van der Waals surface area contributed by atoms with Gasteiger partial charge in [0.25, 0.3) is 0 Å². The molecule has 4 nitrogen and oxygen atoms in total. The molecule has 2 aromatic carbocycles. The van der Waals surface area contributed by atoms with Crippen LogP contribution in [0, 0.1) is 5.82 Å². The Morgan fingerprint density at radius 2 is 1.62 bits per heavy atom. The summed E-state index contributed by atoms with van der Waals surface area (Å²) in [6, 6.07) is 13.3. The Hall–Kier alpha value is -2.27. The highest BCUT2D eigenvalue weighted by molar-refractivity contribution is 5.49. The molecule has 1 aliphatic heterocycles. The van der Waals surface area contributed by atoms with Crippen LogP contribution in [0.4, 0.5) is 10.1 Å². The molecule has 24 heavy (non-hydrogen) atoms. The van der Waals surface area contributed by atoms with Gasteiger partial charge in [-0.25, -0.2) is 4.39 Å². The third kappa shape index (κ3) is 3.79. The molecule has 0 unspecified atom stereocenters. The lowest BCUT2D eigenvalue weighted by molar-refractivity contribution is 0.249. The number of anilines is 1. The van der Waals surface area contributed by atoms with Crippen LogP contribution in [0.15, 0.2) is 42.5 Å². The van der Waals surface area contributed by atoms with Crippen molar-refractivity contribution in [2.24, 2.45) is 0 Å². The molecule has 0 N–H and O–H groups in total. The predicted molar refractivity (Wildman–Crippen MR) is 93.4 cm³/mol. The van der Waals surface area contributed by atoms with E-state index >= 15 is 0 Å². The number of nitrogens with zero attached hydrogens (tertiary/aromatic N) is 2. The predicted octanol–water partition coefficient (Wildman–Crippen LogP) is 3.17. The molecule has 0 amide bonds. The Balaban J connectivity index is 1.55. The molecule has 1 fully saturated rings. The maximum atomic E-state index is 13.8. The zero-order chi connectivity index (χ0) is 16.9. The number of methoxy groups -OCH3 is 2. The van der Waals surface area contributed by atoms with Crippen molar-refractivity contribution in [1.82, 2.24) is 4.90 Å². The van der Waals surface area contributed by atoms with Crippen LogP contribution in [0.25, 0.3) is 0 Å². The average Bonchev–Trinajstić information content (AvgIpc) is 2.63. The van der Waals surface area contributed by atoms with Gasteiger partial charge < -0.3 is 14.4 Å². The van der Waals surface area contributed by atoms with E-state index in [-0.39, 0.29) is 5.82 Å². The van der Waals surface area contributed by atoms with Crippen LogP contribution in [-0.4, -0.2) is 45.3 Å². The molecule has 3 rings (SSSR count). The van der Waals surface area contributed by atoms with E-state index in [0.29, 0.717) is 5.75 Å². The highest BCUT2D eigenvalue weighted by atomic mass is 19.1. The molecule has 0 bridgehead atoms. The highest BCUT2D eigenvalue weighted by Gasteiger charge is 2.18. The molecule has 5 heteroatoms. The van der Waals surface area contributed by atoms with Crippen LogP contribution in [-0.2, 0) is 6.54 Å². The Kier molecular flexibility index (Phi) is 5.20. The summed E-state index contributed by atoms with van der Waals surface area (Å²) in [5, 5.41) is 0. The van der Waals surface area contributed by atoms with Gasteiger partial charge in [0.05, 0.1) is 14.2 Å². The summed E-state index contributed by atoms with van der Waals surface area (Å²) in [5.41, 5.74) is 2.19. The van der Waals surface area contributed by atoms with Crippen molar-refractivity contribution in [2.75, 3.05) is 45.3 Å². The monoisotopic (exact) mass is 330 g/mol. The lowest BCUT2D eigenvalue weighted by atomic mass is 10.1. The third-order valence-corrected chi connectivity index (χ3v) is 4.43.